The molecule has 9 heteroatoms. The number of hydrogen-bond donors (Lipinski definition) is 1. The summed E-state index contributed by atoms with van der Waals surface area (Å²) in [4.78, 5) is 38.0. The molecule has 1 heterocycles. The van der Waals surface area contributed by atoms with Crippen LogP contribution in [-0.4, -0.2) is 37.0 Å². The highest BCUT2D eigenvalue weighted by Gasteiger charge is 2.43. The molecular formula is C24H28N2O7. The smallest absolute Gasteiger partial charge is 0.337 e. The van der Waals surface area contributed by atoms with Gasteiger partial charge < -0.3 is 19.5 Å². The Morgan fingerprint density at radius 2 is 1.76 bits per heavy atom. The van der Waals surface area contributed by atoms with Crippen molar-refractivity contribution in [3.63, 3.8) is 0 Å². The van der Waals surface area contributed by atoms with Crippen LogP contribution in [-0.2, 0) is 14.3 Å². The van der Waals surface area contributed by atoms with E-state index in [1.165, 1.54) is 26.4 Å². The largest absolute Gasteiger partial charge is 0.493 e. The normalized spacial score (nSPS) is 20.9. The van der Waals surface area contributed by atoms with Crippen LogP contribution in [0.25, 0.3) is 0 Å². The number of rotatable bonds is 6. The molecule has 0 unspecified atom stereocenters. The Kier molecular flexibility index (Phi) is 6.40. The number of methoxy groups -OCH3 is 2. The van der Waals surface area contributed by atoms with Crippen LogP contribution >= 0.6 is 0 Å². The van der Waals surface area contributed by atoms with Gasteiger partial charge in [-0.25, -0.2) is 4.79 Å². The molecule has 1 atom stereocenters. The molecule has 3 aliphatic rings. The van der Waals surface area contributed by atoms with Crippen LogP contribution in [0.15, 0.2) is 34.7 Å². The third-order valence-electron chi connectivity index (χ3n) is 6.61. The van der Waals surface area contributed by atoms with Gasteiger partial charge in [0.05, 0.1) is 36.7 Å². The van der Waals surface area contributed by atoms with Gasteiger partial charge in [-0.2, -0.15) is 0 Å². The number of allylic oxidation sites excluding steroid dienone is 3. The maximum Gasteiger partial charge on any atom is 0.337 e. The Morgan fingerprint density at radius 3 is 2.39 bits per heavy atom. The Balaban J connectivity index is 1.91. The number of esters is 1. The summed E-state index contributed by atoms with van der Waals surface area (Å²) in [5.41, 5.74) is 1.82. The fourth-order valence-electron chi connectivity index (χ4n) is 5.06. The number of dihydropyridines is 1. The molecule has 0 saturated heterocycles. The van der Waals surface area contributed by atoms with Crippen LogP contribution in [0, 0.1) is 10.1 Å². The third kappa shape index (κ3) is 4.19. The van der Waals surface area contributed by atoms with Gasteiger partial charge in [-0.3, -0.25) is 14.9 Å². The minimum absolute atomic E-state index is 0.128. The van der Waals surface area contributed by atoms with E-state index in [9.17, 15) is 19.7 Å². The fraction of sp³-hybridized carbons (Fsp3) is 0.500. The summed E-state index contributed by atoms with van der Waals surface area (Å²) in [5, 5.41) is 15.3. The van der Waals surface area contributed by atoms with Gasteiger partial charge >= 0.3 is 5.97 Å². The number of ketones is 1. The SMILES string of the molecule is COc1cc([C@@H]2C(C(=O)OC3CCCC3)=C(C)NC3=C2C(=O)CCC3)c([N+](=O)[O-])cc1OC. The lowest BCUT2D eigenvalue weighted by Crippen LogP contribution is -2.35. The lowest BCUT2D eigenvalue weighted by molar-refractivity contribution is -0.385. The molecule has 0 radical (unpaired) electrons. The van der Waals surface area contributed by atoms with Crippen LogP contribution in [0.2, 0.25) is 0 Å². The molecule has 0 amide bonds. The van der Waals surface area contributed by atoms with Crippen molar-refractivity contribution in [2.45, 2.75) is 63.9 Å². The topological polar surface area (TPSA) is 117 Å². The first-order valence-electron chi connectivity index (χ1n) is 11.2. The molecule has 0 bridgehead atoms. The summed E-state index contributed by atoms with van der Waals surface area (Å²) < 4.78 is 16.4. The summed E-state index contributed by atoms with van der Waals surface area (Å²) in [5.74, 6) is -1.13. The first-order valence-corrected chi connectivity index (χ1v) is 11.2. The number of carbonyl (C=O) groups excluding carboxylic acids is 2. The second-order valence-corrected chi connectivity index (χ2v) is 8.60. The predicted octanol–water partition coefficient (Wildman–Crippen LogP) is 4.07. The van der Waals surface area contributed by atoms with Crippen molar-refractivity contribution in [2.75, 3.05) is 14.2 Å². The summed E-state index contributed by atoms with van der Waals surface area (Å²) in [6.45, 7) is 1.74. The molecule has 1 aliphatic heterocycles. The van der Waals surface area contributed by atoms with Gasteiger partial charge in [-0.1, -0.05) is 0 Å². The molecule has 2 aliphatic carbocycles. The van der Waals surface area contributed by atoms with E-state index in [2.05, 4.69) is 5.32 Å². The van der Waals surface area contributed by atoms with Gasteiger partial charge in [0.25, 0.3) is 5.69 Å². The van der Waals surface area contributed by atoms with Crippen molar-refractivity contribution in [3.05, 3.63) is 50.4 Å². The zero-order valence-electron chi connectivity index (χ0n) is 19.1. The minimum atomic E-state index is -0.928. The summed E-state index contributed by atoms with van der Waals surface area (Å²) in [6.07, 6.45) is 5.01. The van der Waals surface area contributed by atoms with Gasteiger partial charge in [0, 0.05) is 29.0 Å². The fourth-order valence-corrected chi connectivity index (χ4v) is 5.06. The maximum absolute atomic E-state index is 13.4. The zero-order valence-corrected chi connectivity index (χ0v) is 19.1. The van der Waals surface area contributed by atoms with E-state index >= 15 is 0 Å². The van der Waals surface area contributed by atoms with Gasteiger partial charge in [-0.05, 0) is 51.5 Å². The van der Waals surface area contributed by atoms with E-state index in [0.29, 0.717) is 36.2 Å². The Bertz CT molecular complexity index is 1070. The average Bonchev–Trinajstić information content (AvgIpc) is 3.30. The van der Waals surface area contributed by atoms with Crippen LogP contribution in [0.4, 0.5) is 5.69 Å². The third-order valence-corrected chi connectivity index (χ3v) is 6.61. The molecule has 1 aromatic carbocycles. The van der Waals surface area contributed by atoms with Crippen LogP contribution < -0.4 is 14.8 Å². The molecule has 0 spiro atoms. The second kappa shape index (κ2) is 9.25. The van der Waals surface area contributed by atoms with Crippen molar-refractivity contribution in [1.29, 1.82) is 0 Å². The number of Topliss-reactive ketones (excluding diaryl/α,β-unsaturated/α-hetero) is 1. The zero-order chi connectivity index (χ0) is 23.7. The second-order valence-electron chi connectivity index (χ2n) is 8.60. The van der Waals surface area contributed by atoms with E-state index < -0.39 is 16.8 Å². The molecule has 9 nitrogen and oxygen atoms in total. The molecule has 4 rings (SSSR count). The highest BCUT2D eigenvalue weighted by atomic mass is 16.6. The van der Waals surface area contributed by atoms with E-state index in [1.54, 1.807) is 6.92 Å². The average molecular weight is 456 g/mol. The molecule has 0 aromatic heterocycles. The van der Waals surface area contributed by atoms with Crippen molar-refractivity contribution >= 4 is 17.4 Å². The van der Waals surface area contributed by atoms with E-state index in [1.807, 2.05) is 0 Å². The molecule has 33 heavy (non-hydrogen) atoms. The highest BCUT2D eigenvalue weighted by Crippen LogP contribution is 2.48. The van der Waals surface area contributed by atoms with Gasteiger partial charge in [-0.15, -0.1) is 0 Å². The molecule has 1 N–H and O–H groups in total. The molecular weight excluding hydrogens is 428 g/mol. The Morgan fingerprint density at radius 1 is 1.09 bits per heavy atom. The van der Waals surface area contributed by atoms with Crippen LogP contribution in [0.3, 0.4) is 0 Å². The van der Waals surface area contributed by atoms with Crippen LogP contribution in [0.1, 0.15) is 63.4 Å². The van der Waals surface area contributed by atoms with E-state index in [-0.39, 0.29) is 40.2 Å². The first-order chi connectivity index (χ1) is 15.8. The number of benzene rings is 1. The minimum Gasteiger partial charge on any atom is -0.493 e. The van der Waals surface area contributed by atoms with Crippen LogP contribution in [0.5, 0.6) is 11.5 Å². The molecule has 176 valence electrons. The lowest BCUT2D eigenvalue weighted by Gasteiger charge is -2.34. The predicted molar refractivity (Wildman–Crippen MR) is 119 cm³/mol. The Hall–Kier alpha value is -3.36. The van der Waals surface area contributed by atoms with E-state index in [4.69, 9.17) is 14.2 Å². The Labute approximate surface area is 191 Å². The highest BCUT2D eigenvalue weighted by molar-refractivity contribution is 6.04. The molecule has 1 saturated carbocycles. The van der Waals surface area contributed by atoms with Crippen molar-refractivity contribution < 1.29 is 28.7 Å². The quantitative estimate of drug-likeness (QED) is 0.387. The number of nitro groups is 1. The number of nitrogens with one attached hydrogen (secondary N) is 1. The van der Waals surface area contributed by atoms with Crippen molar-refractivity contribution in [3.8, 4) is 11.5 Å². The lowest BCUT2D eigenvalue weighted by atomic mass is 9.74. The van der Waals surface area contributed by atoms with Crippen molar-refractivity contribution in [1.82, 2.24) is 5.32 Å². The number of nitro benzene ring substituents is 1. The summed E-state index contributed by atoms with van der Waals surface area (Å²) >= 11 is 0. The van der Waals surface area contributed by atoms with Gasteiger partial charge in [0.15, 0.2) is 17.3 Å². The van der Waals surface area contributed by atoms with Crippen molar-refractivity contribution in [2.24, 2.45) is 0 Å². The monoisotopic (exact) mass is 456 g/mol. The number of nitrogens with zero attached hydrogens (tertiary/aromatic N) is 1. The summed E-state index contributed by atoms with van der Waals surface area (Å²) in [7, 11) is 2.83. The molecule has 1 aromatic rings. The van der Waals surface area contributed by atoms with Gasteiger partial charge in [0.1, 0.15) is 6.10 Å². The first kappa shape index (κ1) is 22.8. The number of hydrogen-bond acceptors (Lipinski definition) is 8. The number of carbonyl (C=O) groups is 2. The molecule has 1 fully saturated rings. The maximum atomic E-state index is 13.4. The summed E-state index contributed by atoms with van der Waals surface area (Å²) in [6, 6.07) is 2.77. The number of ether oxygens (including phenoxy) is 3. The van der Waals surface area contributed by atoms with Gasteiger partial charge in [0.2, 0.25) is 0 Å². The van der Waals surface area contributed by atoms with E-state index in [0.717, 1.165) is 25.7 Å². The standard InChI is InChI=1S/C24H28N2O7/c1-13-21(24(28)33-14-7-4-5-8-14)22(23-16(25-13)9-6-10-18(23)27)15-11-19(31-2)20(32-3)12-17(15)26(29)30/h11-12,14,22,25H,4-10H2,1-3H3/t22-/m1/s1.